The van der Waals surface area contributed by atoms with Gasteiger partial charge in [-0.25, -0.2) is 0 Å². The average molecular weight is 246 g/mol. The molecule has 0 saturated carbocycles. The zero-order chi connectivity index (χ0) is 13.5. The molecule has 18 heavy (non-hydrogen) atoms. The van der Waals surface area contributed by atoms with Crippen molar-refractivity contribution in [1.82, 2.24) is 14.7 Å². The normalized spacial score (nSPS) is 13.9. The van der Waals surface area contributed by atoms with Crippen LogP contribution in [0.25, 0.3) is 0 Å². The van der Waals surface area contributed by atoms with Crippen molar-refractivity contribution in [3.05, 3.63) is 18.0 Å². The Labute approximate surface area is 107 Å². The van der Waals surface area contributed by atoms with Crippen molar-refractivity contribution in [2.75, 3.05) is 13.1 Å². The van der Waals surface area contributed by atoms with E-state index in [9.17, 15) is 0 Å². The molecule has 1 aromatic heterocycles. The van der Waals surface area contributed by atoms with Gasteiger partial charge < -0.3 is 5.73 Å². The lowest BCUT2D eigenvalue weighted by molar-refractivity contribution is 0.212. The maximum absolute atomic E-state index is 8.86. The predicted octanol–water partition coefficient (Wildman–Crippen LogP) is 0.548. The fraction of sp³-hybridized carbons (Fsp3) is 0.583. The first-order valence-corrected chi connectivity index (χ1v) is 5.86. The van der Waals surface area contributed by atoms with Crippen LogP contribution in [0.15, 0.2) is 12.4 Å². The molecule has 0 bridgehead atoms. The van der Waals surface area contributed by atoms with E-state index in [1.807, 2.05) is 20.2 Å². The standard InChI is InChI=1S/C12H18N6/c1-3-11(15)12(10-8-16-17(2)9-10)18(6-4-13)7-5-14/h8-9,11-12H,3,6-7,15H2,1-2H3. The fourth-order valence-electron chi connectivity index (χ4n) is 1.98. The highest BCUT2D eigenvalue weighted by Gasteiger charge is 2.26. The minimum Gasteiger partial charge on any atom is -0.326 e. The van der Waals surface area contributed by atoms with E-state index >= 15 is 0 Å². The molecule has 6 heteroatoms. The molecular weight excluding hydrogens is 228 g/mol. The third kappa shape index (κ3) is 3.30. The van der Waals surface area contributed by atoms with Crippen molar-refractivity contribution < 1.29 is 0 Å². The second-order valence-electron chi connectivity index (χ2n) is 4.19. The van der Waals surface area contributed by atoms with Crippen LogP contribution in [-0.4, -0.2) is 33.8 Å². The van der Waals surface area contributed by atoms with Crippen molar-refractivity contribution in [2.24, 2.45) is 12.8 Å². The summed E-state index contributed by atoms with van der Waals surface area (Å²) in [5.74, 6) is 0. The second kappa shape index (κ2) is 6.75. The van der Waals surface area contributed by atoms with Gasteiger partial charge in [-0.1, -0.05) is 6.92 Å². The lowest BCUT2D eigenvalue weighted by atomic mass is 9.99. The van der Waals surface area contributed by atoms with Crippen LogP contribution in [0.2, 0.25) is 0 Å². The lowest BCUT2D eigenvalue weighted by Gasteiger charge is -2.31. The van der Waals surface area contributed by atoms with Gasteiger partial charge in [-0.2, -0.15) is 15.6 Å². The molecule has 0 amide bonds. The SMILES string of the molecule is CCC(N)C(c1cnn(C)c1)N(CC#N)CC#N. The van der Waals surface area contributed by atoms with E-state index in [-0.39, 0.29) is 25.2 Å². The first-order chi connectivity index (χ1) is 8.63. The molecule has 1 rings (SSSR count). The van der Waals surface area contributed by atoms with E-state index in [1.54, 1.807) is 15.8 Å². The monoisotopic (exact) mass is 246 g/mol. The number of hydrogen-bond donors (Lipinski definition) is 1. The quantitative estimate of drug-likeness (QED) is 0.739. The van der Waals surface area contributed by atoms with Gasteiger partial charge in [0.15, 0.2) is 0 Å². The Morgan fingerprint density at radius 2 is 2.06 bits per heavy atom. The number of aromatic nitrogens is 2. The maximum Gasteiger partial charge on any atom is 0.0879 e. The number of hydrogen-bond acceptors (Lipinski definition) is 5. The summed E-state index contributed by atoms with van der Waals surface area (Å²) in [4.78, 5) is 1.78. The third-order valence-corrected chi connectivity index (χ3v) is 2.88. The van der Waals surface area contributed by atoms with Gasteiger partial charge in [0.2, 0.25) is 0 Å². The Morgan fingerprint density at radius 1 is 1.44 bits per heavy atom. The van der Waals surface area contributed by atoms with Crippen LogP contribution in [-0.2, 0) is 7.05 Å². The zero-order valence-electron chi connectivity index (χ0n) is 10.7. The molecule has 2 unspecified atom stereocenters. The molecule has 0 spiro atoms. The van der Waals surface area contributed by atoms with Gasteiger partial charge in [-0.05, 0) is 6.42 Å². The highest BCUT2D eigenvalue weighted by molar-refractivity contribution is 5.14. The van der Waals surface area contributed by atoms with E-state index in [4.69, 9.17) is 16.3 Å². The van der Waals surface area contributed by atoms with Gasteiger partial charge in [0, 0.05) is 24.8 Å². The molecule has 1 aromatic rings. The van der Waals surface area contributed by atoms with Gasteiger partial charge in [-0.15, -0.1) is 0 Å². The van der Waals surface area contributed by atoms with Crippen LogP contribution in [0, 0.1) is 22.7 Å². The van der Waals surface area contributed by atoms with Crippen molar-refractivity contribution in [1.29, 1.82) is 10.5 Å². The summed E-state index contributed by atoms with van der Waals surface area (Å²) in [7, 11) is 1.83. The largest absolute Gasteiger partial charge is 0.326 e. The van der Waals surface area contributed by atoms with Gasteiger partial charge in [0.25, 0.3) is 0 Å². The van der Waals surface area contributed by atoms with E-state index in [2.05, 4.69) is 17.2 Å². The first kappa shape index (κ1) is 14.2. The van der Waals surface area contributed by atoms with E-state index in [1.165, 1.54) is 0 Å². The Balaban J connectivity index is 3.03. The highest BCUT2D eigenvalue weighted by atomic mass is 15.3. The molecule has 0 aliphatic carbocycles. The van der Waals surface area contributed by atoms with Gasteiger partial charge in [0.1, 0.15) is 0 Å². The molecule has 0 saturated heterocycles. The van der Waals surface area contributed by atoms with Crippen molar-refractivity contribution in [2.45, 2.75) is 25.4 Å². The molecular formula is C12H18N6. The van der Waals surface area contributed by atoms with Crippen molar-refractivity contribution in [3.63, 3.8) is 0 Å². The number of nitriles is 2. The average Bonchev–Trinajstić information content (AvgIpc) is 2.76. The molecule has 96 valence electrons. The summed E-state index contributed by atoms with van der Waals surface area (Å²) in [6.45, 7) is 2.35. The minimum atomic E-state index is -0.150. The van der Waals surface area contributed by atoms with Crippen LogP contribution < -0.4 is 5.73 Å². The summed E-state index contributed by atoms with van der Waals surface area (Å²) in [5.41, 5.74) is 7.06. The minimum absolute atomic E-state index is 0.129. The van der Waals surface area contributed by atoms with Gasteiger partial charge in [0.05, 0.1) is 37.5 Å². The molecule has 2 N–H and O–H groups in total. The van der Waals surface area contributed by atoms with Crippen LogP contribution in [0.5, 0.6) is 0 Å². The molecule has 0 fully saturated rings. The van der Waals surface area contributed by atoms with E-state index in [0.29, 0.717) is 0 Å². The number of rotatable bonds is 6. The Hall–Kier alpha value is -1.89. The third-order valence-electron chi connectivity index (χ3n) is 2.88. The molecule has 0 aromatic carbocycles. The molecule has 2 atom stereocenters. The number of aryl methyl sites for hydroxylation is 1. The summed E-state index contributed by atoms with van der Waals surface area (Å²) < 4.78 is 1.70. The number of nitrogens with zero attached hydrogens (tertiary/aromatic N) is 5. The summed E-state index contributed by atoms with van der Waals surface area (Å²) >= 11 is 0. The van der Waals surface area contributed by atoms with E-state index in [0.717, 1.165) is 12.0 Å². The summed E-state index contributed by atoms with van der Waals surface area (Å²) in [6, 6.07) is 3.88. The Bertz CT molecular complexity index is 436. The van der Waals surface area contributed by atoms with Crippen LogP contribution in [0.1, 0.15) is 24.9 Å². The summed E-state index contributed by atoms with van der Waals surface area (Å²) in [6.07, 6.45) is 4.39. The second-order valence-corrected chi connectivity index (χ2v) is 4.19. The van der Waals surface area contributed by atoms with Crippen LogP contribution in [0.4, 0.5) is 0 Å². The fourth-order valence-corrected chi connectivity index (χ4v) is 1.98. The van der Waals surface area contributed by atoms with Gasteiger partial charge in [-0.3, -0.25) is 9.58 Å². The smallest absolute Gasteiger partial charge is 0.0879 e. The van der Waals surface area contributed by atoms with Crippen molar-refractivity contribution in [3.8, 4) is 12.1 Å². The molecule has 0 aliphatic heterocycles. The highest BCUT2D eigenvalue weighted by Crippen LogP contribution is 2.24. The molecule has 0 aliphatic rings. The zero-order valence-corrected chi connectivity index (χ0v) is 10.7. The molecule has 0 radical (unpaired) electrons. The maximum atomic E-state index is 8.86. The van der Waals surface area contributed by atoms with E-state index < -0.39 is 0 Å². The Morgan fingerprint density at radius 3 is 2.44 bits per heavy atom. The molecule has 1 heterocycles. The topological polar surface area (TPSA) is 94.7 Å². The predicted molar refractivity (Wildman–Crippen MR) is 67.0 cm³/mol. The summed E-state index contributed by atoms with van der Waals surface area (Å²) in [5, 5.41) is 21.8. The first-order valence-electron chi connectivity index (χ1n) is 5.86. The number of nitrogens with two attached hydrogens (primary N) is 1. The van der Waals surface area contributed by atoms with Crippen LogP contribution >= 0.6 is 0 Å². The van der Waals surface area contributed by atoms with Gasteiger partial charge >= 0.3 is 0 Å². The lowest BCUT2D eigenvalue weighted by Crippen LogP contribution is -2.41. The Kier molecular flexibility index (Phi) is 5.31. The van der Waals surface area contributed by atoms with Crippen molar-refractivity contribution >= 4 is 0 Å². The molecule has 6 nitrogen and oxygen atoms in total. The van der Waals surface area contributed by atoms with Crippen LogP contribution in [0.3, 0.4) is 0 Å².